The van der Waals surface area contributed by atoms with Crippen molar-refractivity contribution in [3.8, 4) is 0 Å². The number of nitrogens with zero attached hydrogens (tertiary/aromatic N) is 2. The van der Waals surface area contributed by atoms with E-state index >= 15 is 0 Å². The van der Waals surface area contributed by atoms with Gasteiger partial charge in [0.25, 0.3) is 0 Å². The third kappa shape index (κ3) is 3.59. The standard InChI is InChI=1S/C13H17N3O4S/c1-2-3-12-15-10-8-9(13(17)18)4-5-11(10)16(12)6-7-21(14,19)20/h4-5,8H,2-3,6-7H2,1H3,(H,17,18)(H2,14,19,20). The van der Waals surface area contributed by atoms with Crippen molar-refractivity contribution in [3.05, 3.63) is 29.6 Å². The average Bonchev–Trinajstić information content (AvgIpc) is 2.72. The maximum Gasteiger partial charge on any atom is 0.335 e. The van der Waals surface area contributed by atoms with E-state index in [0.29, 0.717) is 17.5 Å². The highest BCUT2D eigenvalue weighted by atomic mass is 32.2. The Balaban J connectivity index is 2.49. The van der Waals surface area contributed by atoms with Crippen molar-refractivity contribution in [2.75, 3.05) is 5.75 Å². The molecule has 0 aliphatic heterocycles. The first kappa shape index (κ1) is 15.5. The van der Waals surface area contributed by atoms with E-state index in [9.17, 15) is 13.2 Å². The molecule has 1 aromatic heterocycles. The summed E-state index contributed by atoms with van der Waals surface area (Å²) in [4.78, 5) is 15.4. The zero-order valence-corrected chi connectivity index (χ0v) is 12.4. The summed E-state index contributed by atoms with van der Waals surface area (Å²) in [6.07, 6.45) is 1.53. The molecule has 21 heavy (non-hydrogen) atoms. The molecular formula is C13H17N3O4S. The zero-order chi connectivity index (χ0) is 15.6. The van der Waals surface area contributed by atoms with Gasteiger partial charge in [-0.1, -0.05) is 6.92 Å². The van der Waals surface area contributed by atoms with Gasteiger partial charge in [0.2, 0.25) is 10.0 Å². The number of benzene rings is 1. The Hall–Kier alpha value is -1.93. The number of nitrogens with two attached hydrogens (primary N) is 1. The van der Waals surface area contributed by atoms with E-state index in [2.05, 4.69) is 4.98 Å². The Labute approximate surface area is 122 Å². The molecule has 2 aromatic rings. The minimum Gasteiger partial charge on any atom is -0.478 e. The highest BCUT2D eigenvalue weighted by Gasteiger charge is 2.14. The summed E-state index contributed by atoms with van der Waals surface area (Å²) in [5.74, 6) is -0.470. The van der Waals surface area contributed by atoms with Crippen molar-refractivity contribution in [2.45, 2.75) is 26.3 Å². The fourth-order valence-electron chi connectivity index (χ4n) is 2.20. The maximum absolute atomic E-state index is 11.1. The molecule has 0 spiro atoms. The van der Waals surface area contributed by atoms with Crippen LogP contribution >= 0.6 is 0 Å². The second-order valence-corrected chi connectivity index (χ2v) is 6.54. The molecule has 3 N–H and O–H groups in total. The molecule has 0 unspecified atom stereocenters. The van der Waals surface area contributed by atoms with Crippen molar-refractivity contribution in [1.82, 2.24) is 9.55 Å². The monoisotopic (exact) mass is 311 g/mol. The molecule has 2 rings (SSSR count). The SMILES string of the molecule is CCCc1nc2cc(C(=O)O)ccc2n1CCS(N)(=O)=O. The second-order valence-electron chi connectivity index (χ2n) is 4.81. The van der Waals surface area contributed by atoms with Gasteiger partial charge in [0.05, 0.1) is 22.3 Å². The number of hydrogen-bond acceptors (Lipinski definition) is 4. The predicted octanol–water partition coefficient (Wildman–Crippen LogP) is 0.976. The molecule has 1 heterocycles. The zero-order valence-electron chi connectivity index (χ0n) is 11.6. The number of carboxylic acid groups (broad SMARTS) is 1. The third-order valence-corrected chi connectivity index (χ3v) is 3.90. The van der Waals surface area contributed by atoms with Crippen LogP contribution < -0.4 is 5.14 Å². The Morgan fingerprint density at radius 3 is 2.71 bits per heavy atom. The summed E-state index contributed by atoms with van der Waals surface area (Å²) in [6, 6.07) is 4.62. The van der Waals surface area contributed by atoms with Gasteiger partial charge < -0.3 is 9.67 Å². The summed E-state index contributed by atoms with van der Waals surface area (Å²) < 4.78 is 24.1. The molecule has 0 radical (unpaired) electrons. The predicted molar refractivity (Wildman–Crippen MR) is 78.7 cm³/mol. The number of fused-ring (bicyclic) bond motifs is 1. The highest BCUT2D eigenvalue weighted by Crippen LogP contribution is 2.19. The molecule has 7 nitrogen and oxygen atoms in total. The Morgan fingerprint density at radius 1 is 1.43 bits per heavy atom. The number of aryl methyl sites for hydroxylation is 2. The number of primary sulfonamides is 1. The van der Waals surface area contributed by atoms with Crippen LogP contribution in [0.1, 0.15) is 29.5 Å². The Kier molecular flexibility index (Phi) is 4.29. The first-order chi connectivity index (χ1) is 9.81. The number of imidazole rings is 1. The molecule has 1 aromatic carbocycles. The number of carbonyl (C=O) groups is 1. The highest BCUT2D eigenvalue weighted by molar-refractivity contribution is 7.89. The Bertz CT molecular complexity index is 780. The first-order valence-electron chi connectivity index (χ1n) is 6.54. The summed E-state index contributed by atoms with van der Waals surface area (Å²) in [7, 11) is -3.56. The van der Waals surface area contributed by atoms with Crippen molar-refractivity contribution in [3.63, 3.8) is 0 Å². The van der Waals surface area contributed by atoms with Crippen LogP contribution in [0.15, 0.2) is 18.2 Å². The number of sulfonamides is 1. The topological polar surface area (TPSA) is 115 Å². The van der Waals surface area contributed by atoms with Gasteiger partial charge in [-0.15, -0.1) is 0 Å². The van der Waals surface area contributed by atoms with Gasteiger partial charge in [-0.3, -0.25) is 0 Å². The maximum atomic E-state index is 11.1. The average molecular weight is 311 g/mol. The lowest BCUT2D eigenvalue weighted by Crippen LogP contribution is -2.21. The van der Waals surface area contributed by atoms with Gasteiger partial charge in [-0.05, 0) is 24.6 Å². The third-order valence-electron chi connectivity index (χ3n) is 3.15. The molecule has 0 saturated carbocycles. The smallest absolute Gasteiger partial charge is 0.335 e. The van der Waals surface area contributed by atoms with Crippen molar-refractivity contribution in [1.29, 1.82) is 0 Å². The molecule has 0 aliphatic carbocycles. The van der Waals surface area contributed by atoms with E-state index in [1.807, 2.05) is 6.92 Å². The van der Waals surface area contributed by atoms with Gasteiger partial charge in [0, 0.05) is 13.0 Å². The second kappa shape index (κ2) is 5.82. The molecule has 8 heteroatoms. The lowest BCUT2D eigenvalue weighted by molar-refractivity contribution is 0.0697. The van der Waals surface area contributed by atoms with E-state index < -0.39 is 16.0 Å². The Morgan fingerprint density at radius 2 is 2.14 bits per heavy atom. The number of aromatic nitrogens is 2. The molecule has 0 aliphatic rings. The molecule has 114 valence electrons. The summed E-state index contributed by atoms with van der Waals surface area (Å²) in [6.45, 7) is 2.20. The minimum absolute atomic E-state index is 0.154. The fraction of sp³-hybridized carbons (Fsp3) is 0.385. The molecule has 0 saturated heterocycles. The van der Waals surface area contributed by atoms with Crippen LogP contribution in [-0.4, -0.2) is 34.8 Å². The van der Waals surface area contributed by atoms with Gasteiger partial charge in [0.1, 0.15) is 5.82 Å². The van der Waals surface area contributed by atoms with Crippen LogP contribution in [0.4, 0.5) is 0 Å². The van der Waals surface area contributed by atoms with Gasteiger partial charge in [-0.2, -0.15) is 0 Å². The molecule has 0 amide bonds. The largest absolute Gasteiger partial charge is 0.478 e. The van der Waals surface area contributed by atoms with E-state index in [-0.39, 0.29) is 17.9 Å². The fourth-order valence-corrected chi connectivity index (χ4v) is 2.63. The number of rotatable bonds is 6. The first-order valence-corrected chi connectivity index (χ1v) is 8.26. The number of carboxylic acids is 1. The van der Waals surface area contributed by atoms with Crippen LogP contribution in [0.5, 0.6) is 0 Å². The van der Waals surface area contributed by atoms with Crippen molar-refractivity contribution in [2.24, 2.45) is 5.14 Å². The van der Waals surface area contributed by atoms with E-state index in [4.69, 9.17) is 10.2 Å². The van der Waals surface area contributed by atoms with Gasteiger partial charge >= 0.3 is 5.97 Å². The normalized spacial score (nSPS) is 11.9. The van der Waals surface area contributed by atoms with Crippen LogP contribution in [0, 0.1) is 0 Å². The number of aromatic carboxylic acids is 1. The summed E-state index contributed by atoms with van der Waals surface area (Å²) in [5, 5.41) is 14.0. The summed E-state index contributed by atoms with van der Waals surface area (Å²) in [5.41, 5.74) is 1.42. The van der Waals surface area contributed by atoms with Crippen LogP contribution in [0.3, 0.4) is 0 Å². The molecule has 0 bridgehead atoms. The van der Waals surface area contributed by atoms with Crippen molar-refractivity contribution >= 4 is 27.0 Å². The van der Waals surface area contributed by atoms with Crippen LogP contribution in [0.25, 0.3) is 11.0 Å². The van der Waals surface area contributed by atoms with Crippen molar-refractivity contribution < 1.29 is 18.3 Å². The van der Waals surface area contributed by atoms with E-state index in [1.165, 1.54) is 12.1 Å². The quantitative estimate of drug-likeness (QED) is 0.825. The van der Waals surface area contributed by atoms with E-state index in [0.717, 1.165) is 12.2 Å². The molecule has 0 fully saturated rings. The molecule has 0 atom stereocenters. The van der Waals surface area contributed by atoms with Gasteiger partial charge in [0.15, 0.2) is 0 Å². The lowest BCUT2D eigenvalue weighted by Gasteiger charge is -2.07. The summed E-state index contributed by atoms with van der Waals surface area (Å²) >= 11 is 0. The lowest BCUT2D eigenvalue weighted by atomic mass is 10.2. The van der Waals surface area contributed by atoms with Crippen LogP contribution in [-0.2, 0) is 23.0 Å². The van der Waals surface area contributed by atoms with Gasteiger partial charge in [-0.25, -0.2) is 23.3 Å². The number of hydrogen-bond donors (Lipinski definition) is 2. The minimum atomic E-state index is -3.56. The van der Waals surface area contributed by atoms with E-state index in [1.54, 1.807) is 10.6 Å². The molecular weight excluding hydrogens is 294 g/mol. The van der Waals surface area contributed by atoms with Crippen LogP contribution in [0.2, 0.25) is 0 Å².